The lowest BCUT2D eigenvalue weighted by Crippen LogP contribution is -2.40. The monoisotopic (exact) mass is 452 g/mol. The van der Waals surface area contributed by atoms with Crippen molar-refractivity contribution in [2.75, 3.05) is 11.9 Å². The molecule has 1 aromatic rings. The molecule has 0 radical (unpaired) electrons. The largest absolute Gasteiger partial charge is 0.355 e. The summed E-state index contributed by atoms with van der Waals surface area (Å²) in [5, 5.41) is 5.59. The van der Waals surface area contributed by atoms with Crippen molar-refractivity contribution in [1.82, 2.24) is 5.32 Å². The van der Waals surface area contributed by atoms with Crippen molar-refractivity contribution in [3.8, 4) is 0 Å². The van der Waals surface area contributed by atoms with Crippen molar-refractivity contribution in [3.05, 3.63) is 25.6 Å². The number of nitrogens with one attached hydrogen (secondary N) is 2. The van der Waals surface area contributed by atoms with E-state index in [0.29, 0.717) is 25.1 Å². The maximum atomic E-state index is 12.1. The van der Waals surface area contributed by atoms with Crippen LogP contribution in [0, 0.1) is 5.92 Å². The van der Waals surface area contributed by atoms with Gasteiger partial charge in [-0.15, -0.1) is 0 Å². The first kappa shape index (κ1) is 15.0. The number of halogens is 3. The minimum absolute atomic E-state index is 0.00931. The summed E-state index contributed by atoms with van der Waals surface area (Å²) >= 11 is 10.2. The molecule has 1 aliphatic heterocycles. The quantitative estimate of drug-likeness (QED) is 0.719. The maximum absolute atomic E-state index is 12.1. The average Bonchev–Trinajstić information content (AvgIpc) is 2.34. The van der Waals surface area contributed by atoms with Crippen molar-refractivity contribution in [3.63, 3.8) is 0 Å². The molecule has 1 aliphatic rings. The van der Waals surface area contributed by atoms with E-state index in [4.69, 9.17) is 0 Å². The SMILES string of the molecule is O=C1CCC(C(=O)Nc2c(Br)cc(Br)cc2Br)CN1. The summed E-state index contributed by atoms with van der Waals surface area (Å²) in [5.41, 5.74) is 0.699. The number of benzene rings is 1. The molecule has 19 heavy (non-hydrogen) atoms. The van der Waals surface area contributed by atoms with E-state index in [0.717, 1.165) is 13.4 Å². The Morgan fingerprint density at radius 3 is 2.42 bits per heavy atom. The molecule has 1 atom stereocenters. The predicted octanol–water partition coefficient (Wildman–Crippen LogP) is 3.44. The number of anilines is 1. The van der Waals surface area contributed by atoms with Gasteiger partial charge in [-0.1, -0.05) is 15.9 Å². The summed E-state index contributed by atoms with van der Waals surface area (Å²) in [6.45, 7) is 0.399. The molecule has 0 aromatic heterocycles. The third-order valence-corrected chi connectivity index (χ3v) is 4.60. The Kier molecular flexibility index (Phi) is 5.03. The second-order valence-corrected chi connectivity index (χ2v) is 6.90. The van der Waals surface area contributed by atoms with E-state index in [1.807, 2.05) is 12.1 Å². The van der Waals surface area contributed by atoms with Gasteiger partial charge in [0, 0.05) is 26.4 Å². The second kappa shape index (κ2) is 6.37. The van der Waals surface area contributed by atoms with Gasteiger partial charge in [0.25, 0.3) is 0 Å². The van der Waals surface area contributed by atoms with Crippen LogP contribution in [0.5, 0.6) is 0 Å². The Morgan fingerprint density at radius 2 is 1.89 bits per heavy atom. The van der Waals surface area contributed by atoms with Crippen LogP contribution in [-0.4, -0.2) is 18.4 Å². The highest BCUT2D eigenvalue weighted by Crippen LogP contribution is 2.34. The molecule has 1 saturated heterocycles. The Morgan fingerprint density at radius 1 is 1.26 bits per heavy atom. The van der Waals surface area contributed by atoms with E-state index in [2.05, 4.69) is 58.4 Å². The number of hydrogen-bond donors (Lipinski definition) is 2. The molecule has 7 heteroatoms. The maximum Gasteiger partial charge on any atom is 0.229 e. The lowest BCUT2D eigenvalue weighted by molar-refractivity contribution is -0.126. The molecule has 0 spiro atoms. The number of amides is 2. The molecular formula is C12H11Br3N2O2. The second-order valence-electron chi connectivity index (χ2n) is 4.27. The summed E-state index contributed by atoms with van der Waals surface area (Å²) in [4.78, 5) is 23.2. The zero-order valence-electron chi connectivity index (χ0n) is 9.80. The van der Waals surface area contributed by atoms with Crippen LogP contribution in [0.1, 0.15) is 12.8 Å². The van der Waals surface area contributed by atoms with E-state index in [1.54, 1.807) is 0 Å². The van der Waals surface area contributed by atoms with Crippen molar-refractivity contribution in [2.45, 2.75) is 12.8 Å². The first-order valence-electron chi connectivity index (χ1n) is 5.69. The number of piperidine rings is 1. The third-order valence-electron chi connectivity index (χ3n) is 2.89. The molecule has 4 nitrogen and oxygen atoms in total. The molecule has 0 bridgehead atoms. The van der Waals surface area contributed by atoms with Crippen LogP contribution in [-0.2, 0) is 9.59 Å². The van der Waals surface area contributed by atoms with E-state index in [-0.39, 0.29) is 17.7 Å². The summed E-state index contributed by atoms with van der Waals surface area (Å²) in [6, 6.07) is 3.73. The molecule has 2 rings (SSSR count). The molecule has 1 aromatic carbocycles. The van der Waals surface area contributed by atoms with Gasteiger partial charge in [0.15, 0.2) is 0 Å². The van der Waals surface area contributed by atoms with Crippen molar-refractivity contribution in [2.24, 2.45) is 5.92 Å². The van der Waals surface area contributed by atoms with Crippen LogP contribution in [0.25, 0.3) is 0 Å². The minimum atomic E-state index is -0.180. The summed E-state index contributed by atoms with van der Waals surface area (Å²) < 4.78 is 2.50. The highest BCUT2D eigenvalue weighted by atomic mass is 79.9. The van der Waals surface area contributed by atoms with E-state index in [9.17, 15) is 9.59 Å². The molecule has 1 heterocycles. The number of rotatable bonds is 2. The Hall–Kier alpha value is -0.400. The van der Waals surface area contributed by atoms with Gasteiger partial charge in [-0.3, -0.25) is 9.59 Å². The number of carbonyl (C=O) groups excluding carboxylic acids is 2. The van der Waals surface area contributed by atoms with Gasteiger partial charge in [-0.2, -0.15) is 0 Å². The zero-order chi connectivity index (χ0) is 14.0. The lowest BCUT2D eigenvalue weighted by Gasteiger charge is -2.22. The fourth-order valence-electron chi connectivity index (χ4n) is 1.84. The molecule has 2 amide bonds. The summed E-state index contributed by atoms with van der Waals surface area (Å²) in [5.74, 6) is -0.251. The van der Waals surface area contributed by atoms with Crippen molar-refractivity contribution < 1.29 is 9.59 Å². The Balaban J connectivity index is 2.09. The fourth-order valence-corrected chi connectivity index (χ4v) is 4.30. The van der Waals surface area contributed by atoms with E-state index in [1.165, 1.54) is 0 Å². The van der Waals surface area contributed by atoms with Crippen LogP contribution in [0.15, 0.2) is 25.6 Å². The molecule has 1 fully saturated rings. The molecule has 0 aliphatic carbocycles. The van der Waals surface area contributed by atoms with Gasteiger partial charge in [-0.25, -0.2) is 0 Å². The molecule has 2 N–H and O–H groups in total. The summed E-state index contributed by atoms with van der Waals surface area (Å²) in [6.07, 6.45) is 0.990. The standard InChI is InChI=1S/C12H11Br3N2O2/c13-7-3-8(14)11(9(15)4-7)17-12(19)6-1-2-10(18)16-5-6/h3-4,6H,1-2,5H2,(H,16,18)(H,17,19). The number of hydrogen-bond acceptors (Lipinski definition) is 2. The lowest BCUT2D eigenvalue weighted by atomic mass is 9.98. The highest BCUT2D eigenvalue weighted by Gasteiger charge is 2.25. The Bertz CT molecular complexity index is 501. The van der Waals surface area contributed by atoms with Crippen LogP contribution in [0.2, 0.25) is 0 Å². The topological polar surface area (TPSA) is 58.2 Å². The van der Waals surface area contributed by atoms with Gasteiger partial charge in [0.1, 0.15) is 0 Å². The van der Waals surface area contributed by atoms with Gasteiger partial charge in [-0.05, 0) is 50.4 Å². The average molecular weight is 455 g/mol. The first-order valence-corrected chi connectivity index (χ1v) is 8.07. The number of carbonyl (C=O) groups is 2. The van der Waals surface area contributed by atoms with Gasteiger partial charge < -0.3 is 10.6 Å². The smallest absolute Gasteiger partial charge is 0.229 e. The van der Waals surface area contributed by atoms with Gasteiger partial charge in [0.2, 0.25) is 11.8 Å². The van der Waals surface area contributed by atoms with Gasteiger partial charge in [0.05, 0.1) is 11.6 Å². The zero-order valence-corrected chi connectivity index (χ0v) is 14.6. The van der Waals surface area contributed by atoms with Crippen LogP contribution < -0.4 is 10.6 Å². The van der Waals surface area contributed by atoms with E-state index < -0.39 is 0 Å². The van der Waals surface area contributed by atoms with E-state index >= 15 is 0 Å². The molecule has 0 saturated carbocycles. The normalized spacial score (nSPS) is 18.9. The molecular weight excluding hydrogens is 444 g/mol. The van der Waals surface area contributed by atoms with Gasteiger partial charge >= 0.3 is 0 Å². The fraction of sp³-hybridized carbons (Fsp3) is 0.333. The predicted molar refractivity (Wildman–Crippen MR) is 83.9 cm³/mol. The van der Waals surface area contributed by atoms with Crippen LogP contribution in [0.4, 0.5) is 5.69 Å². The molecule has 1 unspecified atom stereocenters. The van der Waals surface area contributed by atoms with Crippen molar-refractivity contribution in [1.29, 1.82) is 0 Å². The third kappa shape index (κ3) is 3.79. The van der Waals surface area contributed by atoms with Crippen LogP contribution >= 0.6 is 47.8 Å². The highest BCUT2D eigenvalue weighted by molar-refractivity contribution is 9.11. The van der Waals surface area contributed by atoms with Crippen LogP contribution in [0.3, 0.4) is 0 Å². The first-order chi connectivity index (χ1) is 8.97. The Labute approximate surface area is 136 Å². The molecule has 102 valence electrons. The summed E-state index contributed by atoms with van der Waals surface area (Å²) in [7, 11) is 0. The minimum Gasteiger partial charge on any atom is -0.355 e. The van der Waals surface area contributed by atoms with Crippen molar-refractivity contribution >= 4 is 65.3 Å².